The van der Waals surface area contributed by atoms with Gasteiger partial charge >= 0.3 is 0 Å². The molecule has 19 heavy (non-hydrogen) atoms. The molecule has 6 nitrogen and oxygen atoms in total. The molecule has 2 amide bonds. The lowest BCUT2D eigenvalue weighted by molar-refractivity contribution is -0.122. The third kappa shape index (κ3) is 3.61. The van der Waals surface area contributed by atoms with Gasteiger partial charge in [-0.15, -0.1) is 0 Å². The van der Waals surface area contributed by atoms with E-state index in [1.54, 1.807) is 25.1 Å². The summed E-state index contributed by atoms with van der Waals surface area (Å²) in [4.78, 5) is 23.5. The van der Waals surface area contributed by atoms with Crippen LogP contribution in [-0.2, 0) is 4.79 Å². The molecule has 4 N–H and O–H groups in total. The van der Waals surface area contributed by atoms with Crippen molar-refractivity contribution in [3.05, 3.63) is 23.8 Å². The molecule has 0 heterocycles. The lowest BCUT2D eigenvalue weighted by Crippen LogP contribution is -2.43. The van der Waals surface area contributed by atoms with Crippen LogP contribution in [0.5, 0.6) is 5.75 Å². The smallest absolute Gasteiger partial charge is 0.257 e. The molecule has 0 fully saturated rings. The molecule has 0 aliphatic rings. The minimum absolute atomic E-state index is 0.250. The molecule has 0 aliphatic carbocycles. The van der Waals surface area contributed by atoms with Crippen molar-refractivity contribution in [3.8, 4) is 5.75 Å². The van der Waals surface area contributed by atoms with Gasteiger partial charge in [-0.2, -0.15) is 0 Å². The van der Waals surface area contributed by atoms with E-state index in [1.165, 1.54) is 7.05 Å². The number of nitrogens with two attached hydrogens (primary N) is 1. The fourth-order valence-electron chi connectivity index (χ4n) is 1.62. The first-order valence-electron chi connectivity index (χ1n) is 6.05. The molecule has 1 rings (SSSR count). The molecule has 104 valence electrons. The van der Waals surface area contributed by atoms with Gasteiger partial charge in [0, 0.05) is 12.7 Å². The zero-order chi connectivity index (χ0) is 14.4. The van der Waals surface area contributed by atoms with Crippen molar-refractivity contribution in [3.63, 3.8) is 0 Å². The molecule has 0 aliphatic heterocycles. The highest BCUT2D eigenvalue weighted by Gasteiger charge is 2.20. The van der Waals surface area contributed by atoms with Gasteiger partial charge in [0.2, 0.25) is 5.91 Å². The van der Waals surface area contributed by atoms with Crippen molar-refractivity contribution in [2.24, 2.45) is 0 Å². The minimum Gasteiger partial charge on any atom is -0.493 e. The molecule has 1 aromatic rings. The average molecular weight is 265 g/mol. The second-order valence-electron chi connectivity index (χ2n) is 3.96. The van der Waals surface area contributed by atoms with Crippen LogP contribution < -0.4 is 21.1 Å². The number of rotatable bonds is 5. The van der Waals surface area contributed by atoms with E-state index < -0.39 is 11.9 Å². The molecule has 0 saturated heterocycles. The van der Waals surface area contributed by atoms with Crippen molar-refractivity contribution in [2.75, 3.05) is 19.4 Å². The van der Waals surface area contributed by atoms with Crippen LogP contribution in [0.1, 0.15) is 24.2 Å². The molecule has 1 unspecified atom stereocenters. The zero-order valence-corrected chi connectivity index (χ0v) is 11.3. The maximum Gasteiger partial charge on any atom is 0.257 e. The Labute approximate surface area is 112 Å². The number of amides is 2. The minimum atomic E-state index is -0.647. The highest BCUT2D eigenvalue weighted by atomic mass is 16.5. The summed E-state index contributed by atoms with van der Waals surface area (Å²) >= 11 is 0. The van der Waals surface area contributed by atoms with Gasteiger partial charge in [0.05, 0.1) is 6.61 Å². The largest absolute Gasteiger partial charge is 0.493 e. The normalized spacial score (nSPS) is 11.5. The van der Waals surface area contributed by atoms with Gasteiger partial charge in [0.25, 0.3) is 5.91 Å². The zero-order valence-electron chi connectivity index (χ0n) is 11.3. The van der Waals surface area contributed by atoms with E-state index in [2.05, 4.69) is 10.6 Å². The molecule has 0 radical (unpaired) electrons. The standard InChI is InChI=1S/C13H19N3O3/c1-4-19-10-7-5-6-9(14)11(10)13(18)16-8(2)12(17)15-3/h5-8H,4,14H2,1-3H3,(H,15,17)(H,16,18). The highest BCUT2D eigenvalue weighted by molar-refractivity contribution is 6.03. The van der Waals surface area contributed by atoms with Gasteiger partial charge in [0.1, 0.15) is 17.4 Å². The molecular formula is C13H19N3O3. The van der Waals surface area contributed by atoms with E-state index in [1.807, 2.05) is 6.92 Å². The summed E-state index contributed by atoms with van der Waals surface area (Å²) in [7, 11) is 1.51. The number of likely N-dealkylation sites (N-methyl/N-ethyl adjacent to an activating group) is 1. The van der Waals surface area contributed by atoms with Crippen LogP contribution in [0, 0.1) is 0 Å². The molecule has 1 aromatic carbocycles. The van der Waals surface area contributed by atoms with Gasteiger partial charge in [-0.05, 0) is 26.0 Å². The Kier molecular flexibility index (Phi) is 5.17. The van der Waals surface area contributed by atoms with E-state index in [9.17, 15) is 9.59 Å². The predicted molar refractivity (Wildman–Crippen MR) is 73.0 cm³/mol. The average Bonchev–Trinajstić information content (AvgIpc) is 2.38. The van der Waals surface area contributed by atoms with Crippen molar-refractivity contribution >= 4 is 17.5 Å². The number of benzene rings is 1. The summed E-state index contributed by atoms with van der Waals surface area (Å²) in [5.41, 5.74) is 6.36. The van der Waals surface area contributed by atoms with E-state index in [0.29, 0.717) is 18.0 Å². The van der Waals surface area contributed by atoms with Crippen molar-refractivity contribution in [1.82, 2.24) is 10.6 Å². The highest BCUT2D eigenvalue weighted by Crippen LogP contribution is 2.24. The number of anilines is 1. The first kappa shape index (κ1) is 14.8. The van der Waals surface area contributed by atoms with Crippen LogP contribution in [0.25, 0.3) is 0 Å². The summed E-state index contributed by atoms with van der Waals surface area (Å²) < 4.78 is 5.37. The van der Waals surface area contributed by atoms with Crippen molar-refractivity contribution in [1.29, 1.82) is 0 Å². The van der Waals surface area contributed by atoms with Gasteiger partial charge in [-0.3, -0.25) is 9.59 Å². The molecule has 0 aromatic heterocycles. The quantitative estimate of drug-likeness (QED) is 0.677. The van der Waals surface area contributed by atoms with E-state index >= 15 is 0 Å². The topological polar surface area (TPSA) is 93.4 Å². The Balaban J connectivity index is 2.96. The number of carbonyl (C=O) groups is 2. The SMILES string of the molecule is CCOc1cccc(N)c1C(=O)NC(C)C(=O)NC. The molecule has 0 bridgehead atoms. The van der Waals surface area contributed by atoms with Gasteiger partial charge in [-0.1, -0.05) is 6.07 Å². The number of ether oxygens (including phenoxy) is 1. The first-order chi connectivity index (χ1) is 9.01. The number of carbonyl (C=O) groups excluding carboxylic acids is 2. The first-order valence-corrected chi connectivity index (χ1v) is 6.05. The third-order valence-corrected chi connectivity index (χ3v) is 2.57. The van der Waals surface area contributed by atoms with Crippen molar-refractivity contribution < 1.29 is 14.3 Å². The third-order valence-electron chi connectivity index (χ3n) is 2.57. The van der Waals surface area contributed by atoms with Gasteiger partial charge in [0.15, 0.2) is 0 Å². The molecule has 1 atom stereocenters. The second kappa shape index (κ2) is 6.63. The molecule has 6 heteroatoms. The van der Waals surface area contributed by atoms with E-state index in [4.69, 9.17) is 10.5 Å². The molecule has 0 spiro atoms. The van der Waals surface area contributed by atoms with E-state index in [0.717, 1.165) is 0 Å². The Morgan fingerprint density at radius 2 is 2.11 bits per heavy atom. The fraction of sp³-hybridized carbons (Fsp3) is 0.385. The summed E-state index contributed by atoms with van der Waals surface area (Å²) in [6.07, 6.45) is 0. The van der Waals surface area contributed by atoms with Crippen LogP contribution in [0.4, 0.5) is 5.69 Å². The lowest BCUT2D eigenvalue weighted by atomic mass is 10.1. The predicted octanol–water partition coefficient (Wildman–Crippen LogP) is 0.532. The summed E-state index contributed by atoms with van der Waals surface area (Å²) in [5, 5.41) is 5.04. The molecule has 0 saturated carbocycles. The summed E-state index contributed by atoms with van der Waals surface area (Å²) in [6.45, 7) is 3.84. The number of nitrogen functional groups attached to an aromatic ring is 1. The van der Waals surface area contributed by atoms with Crippen LogP contribution in [0.15, 0.2) is 18.2 Å². The Hall–Kier alpha value is -2.24. The maximum atomic E-state index is 12.1. The Bertz CT molecular complexity index is 474. The Morgan fingerprint density at radius 3 is 2.68 bits per heavy atom. The maximum absolute atomic E-state index is 12.1. The lowest BCUT2D eigenvalue weighted by Gasteiger charge is -2.15. The van der Waals surface area contributed by atoms with Gasteiger partial charge in [-0.25, -0.2) is 0 Å². The fourth-order valence-corrected chi connectivity index (χ4v) is 1.62. The van der Waals surface area contributed by atoms with Crippen LogP contribution in [0.2, 0.25) is 0 Å². The van der Waals surface area contributed by atoms with Gasteiger partial charge < -0.3 is 21.1 Å². The summed E-state index contributed by atoms with van der Waals surface area (Å²) in [6, 6.07) is 4.34. The number of nitrogens with one attached hydrogen (secondary N) is 2. The summed E-state index contributed by atoms with van der Waals surface area (Å²) in [5.74, 6) is -0.303. The number of hydrogen-bond acceptors (Lipinski definition) is 4. The van der Waals surface area contributed by atoms with Crippen LogP contribution in [-0.4, -0.2) is 31.5 Å². The van der Waals surface area contributed by atoms with Crippen molar-refractivity contribution in [2.45, 2.75) is 19.9 Å². The van der Waals surface area contributed by atoms with Crippen LogP contribution >= 0.6 is 0 Å². The van der Waals surface area contributed by atoms with E-state index in [-0.39, 0.29) is 11.5 Å². The molecular weight excluding hydrogens is 246 g/mol. The van der Waals surface area contributed by atoms with Crippen LogP contribution in [0.3, 0.4) is 0 Å². The second-order valence-corrected chi connectivity index (χ2v) is 3.96. The number of hydrogen-bond donors (Lipinski definition) is 3. The monoisotopic (exact) mass is 265 g/mol. The Morgan fingerprint density at radius 1 is 1.42 bits per heavy atom.